The zero-order valence-electron chi connectivity index (χ0n) is 14.3. The quantitative estimate of drug-likeness (QED) is 0.887. The van der Waals surface area contributed by atoms with Crippen LogP contribution in [0.2, 0.25) is 0 Å². The molecular formula is C18H28O3. The molecule has 0 amide bonds. The third kappa shape index (κ3) is 4.48. The molecule has 1 aromatic rings. The first-order valence-corrected chi connectivity index (χ1v) is 7.51. The van der Waals surface area contributed by atoms with Crippen molar-refractivity contribution in [2.75, 3.05) is 0 Å². The van der Waals surface area contributed by atoms with Crippen LogP contribution in [0.1, 0.15) is 66.0 Å². The molecule has 0 saturated carbocycles. The van der Waals surface area contributed by atoms with E-state index < -0.39 is 12.1 Å². The lowest BCUT2D eigenvalue weighted by atomic mass is 9.80. The highest BCUT2D eigenvalue weighted by atomic mass is 16.5. The molecule has 1 atom stereocenters. The number of rotatable bonds is 4. The van der Waals surface area contributed by atoms with Gasteiger partial charge in [-0.3, -0.25) is 0 Å². The summed E-state index contributed by atoms with van der Waals surface area (Å²) >= 11 is 0. The summed E-state index contributed by atoms with van der Waals surface area (Å²) in [6.45, 7) is 14.7. The van der Waals surface area contributed by atoms with Crippen LogP contribution in [0.3, 0.4) is 0 Å². The van der Waals surface area contributed by atoms with Crippen LogP contribution in [-0.4, -0.2) is 17.2 Å². The molecule has 3 nitrogen and oxygen atoms in total. The van der Waals surface area contributed by atoms with Gasteiger partial charge in [0.2, 0.25) is 0 Å². The molecule has 0 spiro atoms. The number of benzene rings is 1. The second kappa shape index (κ2) is 6.08. The lowest BCUT2D eigenvalue weighted by molar-refractivity contribution is -0.145. The Balaban J connectivity index is 3.30. The summed E-state index contributed by atoms with van der Waals surface area (Å²) in [6.07, 6.45) is -0.355. The van der Waals surface area contributed by atoms with E-state index in [2.05, 4.69) is 47.6 Å². The third-order valence-corrected chi connectivity index (χ3v) is 3.57. The van der Waals surface area contributed by atoms with Gasteiger partial charge in [-0.2, -0.15) is 0 Å². The Morgan fingerprint density at radius 1 is 1.14 bits per heavy atom. The smallest absolute Gasteiger partial charge is 0.344 e. The molecule has 1 aromatic carbocycles. The molecule has 0 aromatic heterocycles. The second-order valence-electron chi connectivity index (χ2n) is 7.56. The first kappa shape index (κ1) is 17.5. The van der Waals surface area contributed by atoms with Crippen LogP contribution < -0.4 is 4.74 Å². The van der Waals surface area contributed by atoms with Gasteiger partial charge in [-0.15, -0.1) is 0 Å². The molecule has 1 unspecified atom stereocenters. The Morgan fingerprint density at radius 2 is 1.71 bits per heavy atom. The topological polar surface area (TPSA) is 46.5 Å². The predicted octanol–water partition coefficient (Wildman–Crippen LogP) is 4.52. The molecule has 1 N–H and O–H groups in total. The van der Waals surface area contributed by atoms with E-state index in [1.807, 2.05) is 19.1 Å². The molecule has 0 radical (unpaired) electrons. The molecule has 21 heavy (non-hydrogen) atoms. The van der Waals surface area contributed by atoms with Gasteiger partial charge in [0, 0.05) is 0 Å². The summed E-state index contributed by atoms with van der Waals surface area (Å²) < 4.78 is 5.75. The predicted molar refractivity (Wildman–Crippen MR) is 86.2 cm³/mol. The highest BCUT2D eigenvalue weighted by Crippen LogP contribution is 2.36. The number of carbonyl (C=O) groups is 1. The highest BCUT2D eigenvalue weighted by molar-refractivity contribution is 5.72. The lowest BCUT2D eigenvalue weighted by Crippen LogP contribution is -2.27. The number of hydrogen-bond acceptors (Lipinski definition) is 2. The van der Waals surface area contributed by atoms with Crippen LogP contribution in [-0.2, 0) is 15.6 Å². The van der Waals surface area contributed by atoms with Gasteiger partial charge in [0.15, 0.2) is 6.10 Å². The van der Waals surface area contributed by atoms with Gasteiger partial charge >= 0.3 is 5.97 Å². The van der Waals surface area contributed by atoms with Crippen LogP contribution in [0.25, 0.3) is 0 Å². The van der Waals surface area contributed by atoms with E-state index in [0.717, 1.165) is 5.56 Å². The van der Waals surface area contributed by atoms with Crippen molar-refractivity contribution in [3.63, 3.8) is 0 Å². The molecular weight excluding hydrogens is 264 g/mol. The Morgan fingerprint density at radius 3 is 2.10 bits per heavy atom. The average Bonchev–Trinajstić information content (AvgIpc) is 2.33. The molecule has 0 heterocycles. The number of carboxylic acids is 1. The van der Waals surface area contributed by atoms with Gasteiger partial charge in [0.25, 0.3) is 0 Å². The molecule has 0 fully saturated rings. The molecule has 0 saturated heterocycles. The SMILES string of the molecule is CCC(Oc1ccc(C(C)(C)C)cc1C(C)(C)C)C(=O)O. The van der Waals surface area contributed by atoms with Crippen LogP contribution in [0, 0.1) is 0 Å². The van der Waals surface area contributed by atoms with E-state index in [1.165, 1.54) is 5.56 Å². The average molecular weight is 292 g/mol. The fourth-order valence-corrected chi connectivity index (χ4v) is 2.15. The van der Waals surface area contributed by atoms with Crippen molar-refractivity contribution in [2.45, 2.75) is 71.8 Å². The minimum Gasteiger partial charge on any atom is -0.479 e. The molecule has 1 rings (SSSR count). The molecule has 0 bridgehead atoms. The van der Waals surface area contributed by atoms with Crippen molar-refractivity contribution in [2.24, 2.45) is 0 Å². The number of ether oxygens (including phenoxy) is 1. The number of hydrogen-bond donors (Lipinski definition) is 1. The minimum atomic E-state index is -0.919. The maximum absolute atomic E-state index is 11.2. The zero-order valence-corrected chi connectivity index (χ0v) is 14.3. The molecule has 0 aliphatic rings. The summed E-state index contributed by atoms with van der Waals surface area (Å²) in [5, 5.41) is 9.19. The summed E-state index contributed by atoms with van der Waals surface area (Å²) in [6, 6.07) is 6.08. The maximum atomic E-state index is 11.2. The van der Waals surface area contributed by atoms with E-state index >= 15 is 0 Å². The van der Waals surface area contributed by atoms with Crippen molar-refractivity contribution >= 4 is 5.97 Å². The van der Waals surface area contributed by atoms with Gasteiger partial charge in [0.1, 0.15) is 5.75 Å². The monoisotopic (exact) mass is 292 g/mol. The Kier molecular flexibility index (Phi) is 5.08. The van der Waals surface area contributed by atoms with Crippen molar-refractivity contribution in [1.29, 1.82) is 0 Å². The first-order valence-electron chi connectivity index (χ1n) is 7.51. The van der Waals surface area contributed by atoms with E-state index in [0.29, 0.717) is 12.2 Å². The van der Waals surface area contributed by atoms with Crippen molar-refractivity contribution < 1.29 is 14.6 Å². The van der Waals surface area contributed by atoms with Crippen LogP contribution in [0.15, 0.2) is 18.2 Å². The first-order chi connectivity index (χ1) is 9.46. The molecule has 0 aliphatic carbocycles. The van der Waals surface area contributed by atoms with Crippen molar-refractivity contribution in [1.82, 2.24) is 0 Å². The summed E-state index contributed by atoms with van der Waals surface area (Å²) in [5.74, 6) is -0.248. The van der Waals surface area contributed by atoms with Gasteiger partial charge in [0.05, 0.1) is 0 Å². The Labute approximate surface area is 128 Å². The third-order valence-electron chi connectivity index (χ3n) is 3.57. The highest BCUT2D eigenvalue weighted by Gasteiger charge is 2.25. The standard InChI is InChI=1S/C18H28O3/c1-8-14(16(19)20)21-15-10-9-12(17(2,3)4)11-13(15)18(5,6)7/h9-11,14H,8H2,1-7H3,(H,19,20). The van der Waals surface area contributed by atoms with Gasteiger partial charge in [-0.05, 0) is 34.4 Å². The largest absolute Gasteiger partial charge is 0.479 e. The second-order valence-corrected chi connectivity index (χ2v) is 7.56. The molecule has 0 aliphatic heterocycles. The van der Waals surface area contributed by atoms with Gasteiger partial charge in [-0.1, -0.05) is 60.6 Å². The number of aliphatic carboxylic acids is 1. The minimum absolute atomic E-state index is 0.0511. The summed E-state index contributed by atoms with van der Waals surface area (Å²) in [5.41, 5.74) is 2.22. The number of carboxylic acid groups (broad SMARTS) is 1. The van der Waals surface area contributed by atoms with Crippen LogP contribution >= 0.6 is 0 Å². The van der Waals surface area contributed by atoms with E-state index in [9.17, 15) is 9.90 Å². The molecule has 3 heteroatoms. The van der Waals surface area contributed by atoms with Gasteiger partial charge in [-0.25, -0.2) is 4.79 Å². The zero-order chi connectivity index (χ0) is 16.4. The Hall–Kier alpha value is -1.51. The van der Waals surface area contributed by atoms with E-state index in [-0.39, 0.29) is 10.8 Å². The van der Waals surface area contributed by atoms with Gasteiger partial charge < -0.3 is 9.84 Å². The summed E-state index contributed by atoms with van der Waals surface area (Å²) in [7, 11) is 0. The fraction of sp³-hybridized carbons (Fsp3) is 0.611. The van der Waals surface area contributed by atoms with Crippen molar-refractivity contribution in [3.05, 3.63) is 29.3 Å². The van der Waals surface area contributed by atoms with Crippen molar-refractivity contribution in [3.8, 4) is 5.75 Å². The fourth-order valence-electron chi connectivity index (χ4n) is 2.15. The lowest BCUT2D eigenvalue weighted by Gasteiger charge is -2.28. The van der Waals surface area contributed by atoms with E-state index in [1.54, 1.807) is 0 Å². The maximum Gasteiger partial charge on any atom is 0.344 e. The normalized spacial score (nSPS) is 13.9. The Bertz CT molecular complexity index is 504. The molecule has 118 valence electrons. The van der Waals surface area contributed by atoms with Crippen LogP contribution in [0.4, 0.5) is 0 Å². The van der Waals surface area contributed by atoms with E-state index in [4.69, 9.17) is 4.74 Å². The summed E-state index contributed by atoms with van der Waals surface area (Å²) in [4.78, 5) is 11.2. The van der Waals surface area contributed by atoms with Crippen LogP contribution in [0.5, 0.6) is 5.75 Å².